The molecule has 8 nitrogen and oxygen atoms in total. The molecule has 0 aromatic carbocycles. The molecule has 16 heavy (non-hydrogen) atoms. The SMILES string of the molecule is COC(=O)c1c([N+](=O)[O-])cnn1CCCO. The summed E-state index contributed by atoms with van der Waals surface area (Å²) in [6.07, 6.45) is 1.34. The summed E-state index contributed by atoms with van der Waals surface area (Å²) in [5.74, 6) is -0.817. The van der Waals surface area contributed by atoms with Crippen molar-refractivity contribution in [2.45, 2.75) is 13.0 Å². The molecule has 88 valence electrons. The minimum Gasteiger partial charge on any atom is -0.464 e. The molecule has 0 amide bonds. The average molecular weight is 229 g/mol. The zero-order valence-electron chi connectivity index (χ0n) is 8.62. The van der Waals surface area contributed by atoms with Gasteiger partial charge in [-0.05, 0) is 6.42 Å². The van der Waals surface area contributed by atoms with Crippen LogP contribution in [0.15, 0.2) is 6.20 Å². The molecule has 1 rings (SSSR count). The highest BCUT2D eigenvalue weighted by atomic mass is 16.6. The van der Waals surface area contributed by atoms with Gasteiger partial charge in [-0.1, -0.05) is 0 Å². The minimum absolute atomic E-state index is 0.0890. The third-order valence-electron chi connectivity index (χ3n) is 1.92. The highest BCUT2D eigenvalue weighted by Gasteiger charge is 2.27. The Morgan fingerprint density at radius 3 is 2.94 bits per heavy atom. The highest BCUT2D eigenvalue weighted by molar-refractivity contribution is 5.91. The van der Waals surface area contributed by atoms with Gasteiger partial charge in [-0.3, -0.25) is 14.8 Å². The number of hydrogen-bond donors (Lipinski definition) is 1. The first kappa shape index (κ1) is 12.1. The number of aryl methyl sites for hydroxylation is 1. The van der Waals surface area contributed by atoms with Gasteiger partial charge in [-0.2, -0.15) is 5.10 Å². The van der Waals surface area contributed by atoms with E-state index in [0.717, 1.165) is 18.0 Å². The van der Waals surface area contributed by atoms with Crippen molar-refractivity contribution < 1.29 is 19.6 Å². The molecule has 0 aliphatic heterocycles. The second kappa shape index (κ2) is 5.21. The van der Waals surface area contributed by atoms with E-state index in [-0.39, 0.29) is 18.8 Å². The lowest BCUT2D eigenvalue weighted by molar-refractivity contribution is -0.385. The maximum Gasteiger partial charge on any atom is 0.363 e. The van der Waals surface area contributed by atoms with E-state index in [1.165, 1.54) is 0 Å². The number of aromatic nitrogens is 2. The number of carbonyl (C=O) groups is 1. The summed E-state index contributed by atoms with van der Waals surface area (Å²) < 4.78 is 5.59. The van der Waals surface area contributed by atoms with E-state index in [0.29, 0.717) is 6.42 Å². The van der Waals surface area contributed by atoms with E-state index in [1.54, 1.807) is 0 Å². The summed E-state index contributed by atoms with van der Waals surface area (Å²) in [5, 5.41) is 23.0. The van der Waals surface area contributed by atoms with Crippen LogP contribution in [0.4, 0.5) is 5.69 Å². The number of rotatable bonds is 5. The number of hydrogen-bond acceptors (Lipinski definition) is 6. The number of aliphatic hydroxyl groups is 1. The smallest absolute Gasteiger partial charge is 0.363 e. The molecular weight excluding hydrogens is 218 g/mol. The number of nitro groups is 1. The Morgan fingerprint density at radius 2 is 2.44 bits per heavy atom. The topological polar surface area (TPSA) is 107 Å². The van der Waals surface area contributed by atoms with Gasteiger partial charge in [0, 0.05) is 13.2 Å². The molecule has 1 N–H and O–H groups in total. The van der Waals surface area contributed by atoms with Gasteiger partial charge in [0.2, 0.25) is 5.69 Å². The molecule has 1 heterocycles. The van der Waals surface area contributed by atoms with E-state index >= 15 is 0 Å². The van der Waals surface area contributed by atoms with Crippen LogP contribution < -0.4 is 0 Å². The quantitative estimate of drug-likeness (QED) is 0.431. The van der Waals surface area contributed by atoms with E-state index in [1.807, 2.05) is 0 Å². The number of nitrogens with zero attached hydrogens (tertiary/aromatic N) is 3. The molecule has 0 aliphatic rings. The normalized spacial score (nSPS) is 10.1. The van der Waals surface area contributed by atoms with Crippen LogP contribution in [0.5, 0.6) is 0 Å². The van der Waals surface area contributed by atoms with Crippen LogP contribution in [0.2, 0.25) is 0 Å². The van der Waals surface area contributed by atoms with Gasteiger partial charge < -0.3 is 9.84 Å². The van der Waals surface area contributed by atoms with Crippen LogP contribution in [-0.2, 0) is 11.3 Å². The monoisotopic (exact) mass is 229 g/mol. The van der Waals surface area contributed by atoms with Crippen LogP contribution in [0.1, 0.15) is 16.9 Å². The first-order valence-corrected chi connectivity index (χ1v) is 4.51. The van der Waals surface area contributed by atoms with Gasteiger partial charge >= 0.3 is 11.7 Å². The lowest BCUT2D eigenvalue weighted by atomic mass is 10.3. The summed E-state index contributed by atoms with van der Waals surface area (Å²) in [6, 6.07) is 0. The van der Waals surface area contributed by atoms with Gasteiger partial charge in [-0.15, -0.1) is 0 Å². The van der Waals surface area contributed by atoms with Crippen molar-refractivity contribution in [1.82, 2.24) is 9.78 Å². The van der Waals surface area contributed by atoms with Crippen molar-refractivity contribution >= 4 is 11.7 Å². The predicted molar refractivity (Wildman–Crippen MR) is 51.9 cm³/mol. The molecular formula is C8H11N3O5. The highest BCUT2D eigenvalue weighted by Crippen LogP contribution is 2.18. The Hall–Kier alpha value is -1.96. The van der Waals surface area contributed by atoms with Crippen molar-refractivity contribution in [3.8, 4) is 0 Å². The average Bonchev–Trinajstić information content (AvgIpc) is 2.69. The Kier molecular flexibility index (Phi) is 3.95. The molecule has 0 fully saturated rings. The molecule has 0 radical (unpaired) electrons. The molecule has 8 heteroatoms. The molecule has 1 aromatic rings. The lowest BCUT2D eigenvalue weighted by Crippen LogP contribution is -2.14. The fourth-order valence-electron chi connectivity index (χ4n) is 1.21. The van der Waals surface area contributed by atoms with E-state index < -0.39 is 16.6 Å². The van der Waals surface area contributed by atoms with Gasteiger partial charge in [0.05, 0.1) is 12.0 Å². The second-order valence-corrected chi connectivity index (χ2v) is 2.93. The zero-order chi connectivity index (χ0) is 12.1. The van der Waals surface area contributed by atoms with Crippen LogP contribution >= 0.6 is 0 Å². The summed E-state index contributed by atoms with van der Waals surface area (Å²) in [6.45, 7) is 0.128. The Bertz CT molecular complexity index is 400. The standard InChI is InChI=1S/C8H11N3O5/c1-16-8(13)7-6(11(14)15)5-9-10(7)3-2-4-12/h5,12H,2-4H2,1H3. The number of ether oxygens (including phenoxy) is 1. The number of esters is 1. The Balaban J connectivity index is 3.09. The van der Waals surface area contributed by atoms with Gasteiger partial charge in [0.1, 0.15) is 6.20 Å². The summed E-state index contributed by atoms with van der Waals surface area (Å²) in [5.41, 5.74) is -0.606. The molecule has 0 atom stereocenters. The lowest BCUT2D eigenvalue weighted by Gasteiger charge is -2.03. The Labute approximate surface area is 90.6 Å². The van der Waals surface area contributed by atoms with Gasteiger partial charge in [0.25, 0.3) is 0 Å². The molecule has 0 aliphatic carbocycles. The van der Waals surface area contributed by atoms with Crippen molar-refractivity contribution in [3.63, 3.8) is 0 Å². The van der Waals surface area contributed by atoms with Crippen LogP contribution in [0.3, 0.4) is 0 Å². The van der Waals surface area contributed by atoms with E-state index in [9.17, 15) is 14.9 Å². The van der Waals surface area contributed by atoms with E-state index in [4.69, 9.17) is 5.11 Å². The maximum absolute atomic E-state index is 11.3. The molecule has 0 spiro atoms. The second-order valence-electron chi connectivity index (χ2n) is 2.93. The van der Waals surface area contributed by atoms with Crippen LogP contribution in [-0.4, -0.2) is 39.5 Å². The van der Waals surface area contributed by atoms with Crippen LogP contribution in [0.25, 0.3) is 0 Å². The number of carbonyl (C=O) groups excluding carboxylic acids is 1. The summed E-state index contributed by atoms with van der Waals surface area (Å²) in [7, 11) is 1.13. The third-order valence-corrected chi connectivity index (χ3v) is 1.92. The van der Waals surface area contributed by atoms with Gasteiger partial charge in [-0.25, -0.2) is 4.79 Å². The van der Waals surface area contributed by atoms with Crippen LogP contribution in [0, 0.1) is 10.1 Å². The first-order valence-electron chi connectivity index (χ1n) is 4.51. The zero-order valence-corrected chi connectivity index (χ0v) is 8.62. The minimum atomic E-state index is -0.817. The predicted octanol–water partition coefficient (Wildman–Crippen LogP) is -0.0397. The third kappa shape index (κ3) is 2.34. The molecule has 0 saturated carbocycles. The van der Waals surface area contributed by atoms with Crippen molar-refractivity contribution in [2.24, 2.45) is 0 Å². The molecule has 1 aromatic heterocycles. The summed E-state index contributed by atoms with van der Waals surface area (Å²) in [4.78, 5) is 21.3. The molecule has 0 bridgehead atoms. The molecule has 0 unspecified atom stereocenters. The van der Waals surface area contributed by atoms with Gasteiger partial charge in [0.15, 0.2) is 0 Å². The largest absolute Gasteiger partial charge is 0.464 e. The van der Waals surface area contributed by atoms with Crippen molar-refractivity contribution in [1.29, 1.82) is 0 Å². The Morgan fingerprint density at radius 1 is 1.75 bits per heavy atom. The fourth-order valence-corrected chi connectivity index (χ4v) is 1.21. The van der Waals surface area contributed by atoms with Crippen molar-refractivity contribution in [2.75, 3.05) is 13.7 Å². The number of aliphatic hydroxyl groups excluding tert-OH is 1. The summed E-state index contributed by atoms with van der Waals surface area (Å²) >= 11 is 0. The maximum atomic E-state index is 11.3. The molecule has 0 saturated heterocycles. The number of methoxy groups -OCH3 is 1. The fraction of sp³-hybridized carbons (Fsp3) is 0.500. The first-order chi connectivity index (χ1) is 7.61. The van der Waals surface area contributed by atoms with Crippen molar-refractivity contribution in [3.05, 3.63) is 22.0 Å². The van der Waals surface area contributed by atoms with E-state index in [2.05, 4.69) is 9.84 Å².